The van der Waals surface area contributed by atoms with Gasteiger partial charge in [-0.1, -0.05) is 6.92 Å². The van der Waals surface area contributed by atoms with E-state index in [0.29, 0.717) is 18.8 Å². The Balaban J connectivity index is 2.56. The van der Waals surface area contributed by atoms with Crippen molar-refractivity contribution in [3.8, 4) is 0 Å². The number of carbonyl (C=O) groups excluding carboxylic acids is 1. The molecular weight excluding hydrogens is 250 g/mol. The Morgan fingerprint density at radius 3 is 2.50 bits per heavy atom. The van der Waals surface area contributed by atoms with Gasteiger partial charge >= 0.3 is 5.97 Å². The molecule has 0 aliphatic heterocycles. The lowest BCUT2D eigenvalue weighted by molar-refractivity contribution is -0.148. The molecule has 0 aromatic rings. The van der Waals surface area contributed by atoms with Crippen molar-refractivity contribution in [2.24, 2.45) is 17.8 Å². The second kappa shape index (κ2) is 7.02. The molecule has 0 spiro atoms. The molecule has 0 aromatic heterocycles. The first-order chi connectivity index (χ1) is 8.47. The number of aliphatic carboxylic acids is 1. The minimum absolute atomic E-state index is 0.00727. The fourth-order valence-electron chi connectivity index (χ4n) is 2.68. The van der Waals surface area contributed by atoms with Crippen molar-refractivity contribution in [3.63, 3.8) is 0 Å². The van der Waals surface area contributed by atoms with Gasteiger partial charge in [0.05, 0.1) is 11.8 Å². The highest BCUT2D eigenvalue weighted by atomic mass is 32.2. The molecular formula is C13H23NO3S. The first-order valence-electron chi connectivity index (χ1n) is 6.44. The fourth-order valence-corrected chi connectivity index (χ4v) is 3.09. The molecule has 104 valence electrons. The van der Waals surface area contributed by atoms with Gasteiger partial charge in [0.25, 0.3) is 0 Å². The second-order valence-corrected chi connectivity index (χ2v) is 6.22. The van der Waals surface area contributed by atoms with Gasteiger partial charge in [-0.25, -0.2) is 0 Å². The maximum atomic E-state index is 12.3. The summed E-state index contributed by atoms with van der Waals surface area (Å²) in [5.41, 5.74) is 0. The van der Waals surface area contributed by atoms with Crippen LogP contribution < -0.4 is 0 Å². The zero-order valence-electron chi connectivity index (χ0n) is 11.4. The minimum atomic E-state index is -0.824. The van der Waals surface area contributed by atoms with E-state index >= 15 is 0 Å². The first-order valence-corrected chi connectivity index (χ1v) is 7.83. The average molecular weight is 273 g/mol. The third-order valence-corrected chi connectivity index (χ3v) is 4.35. The van der Waals surface area contributed by atoms with Gasteiger partial charge in [-0.3, -0.25) is 9.59 Å². The summed E-state index contributed by atoms with van der Waals surface area (Å²) < 4.78 is 0. The molecule has 4 nitrogen and oxygen atoms in total. The summed E-state index contributed by atoms with van der Waals surface area (Å²) in [4.78, 5) is 25.1. The minimum Gasteiger partial charge on any atom is -0.481 e. The zero-order chi connectivity index (χ0) is 13.7. The number of hydrogen-bond donors (Lipinski definition) is 1. The predicted molar refractivity (Wildman–Crippen MR) is 73.6 cm³/mol. The van der Waals surface area contributed by atoms with Crippen LogP contribution in [-0.4, -0.2) is 47.5 Å². The number of thioether (sulfide) groups is 1. The van der Waals surface area contributed by atoms with Gasteiger partial charge in [0.1, 0.15) is 0 Å². The average Bonchev–Trinajstić information content (AvgIpc) is 2.70. The van der Waals surface area contributed by atoms with E-state index in [4.69, 9.17) is 0 Å². The van der Waals surface area contributed by atoms with Crippen LogP contribution in [0.25, 0.3) is 0 Å². The van der Waals surface area contributed by atoms with Crippen LogP contribution in [0.1, 0.15) is 26.2 Å². The van der Waals surface area contributed by atoms with E-state index in [1.807, 2.05) is 13.2 Å². The quantitative estimate of drug-likeness (QED) is 0.751. The molecule has 0 heterocycles. The summed E-state index contributed by atoms with van der Waals surface area (Å²) in [6.45, 7) is 2.74. The van der Waals surface area contributed by atoms with Crippen LogP contribution >= 0.6 is 11.8 Å². The molecule has 0 radical (unpaired) electrons. The molecule has 5 heteroatoms. The second-order valence-electron chi connectivity index (χ2n) is 5.23. The molecule has 3 unspecified atom stereocenters. The third-order valence-electron chi connectivity index (χ3n) is 3.65. The molecule has 0 saturated heterocycles. The molecule has 1 aliphatic rings. The molecule has 1 fully saturated rings. The van der Waals surface area contributed by atoms with Crippen molar-refractivity contribution in [1.29, 1.82) is 0 Å². The van der Waals surface area contributed by atoms with Crippen molar-refractivity contribution in [2.75, 3.05) is 25.6 Å². The number of rotatable bonds is 6. The maximum absolute atomic E-state index is 12.3. The number of carboxylic acid groups (broad SMARTS) is 1. The Hall–Kier alpha value is -0.710. The van der Waals surface area contributed by atoms with Crippen LogP contribution in [0.15, 0.2) is 0 Å². The number of amides is 1. The van der Waals surface area contributed by atoms with Crippen molar-refractivity contribution >= 4 is 23.6 Å². The zero-order valence-corrected chi connectivity index (χ0v) is 12.2. The van der Waals surface area contributed by atoms with Crippen LogP contribution in [0.4, 0.5) is 0 Å². The Labute approximate surface area is 113 Å². The van der Waals surface area contributed by atoms with Crippen LogP contribution in [0, 0.1) is 17.8 Å². The van der Waals surface area contributed by atoms with Gasteiger partial charge in [0.2, 0.25) is 5.91 Å². The Bertz CT molecular complexity index is 309. The largest absolute Gasteiger partial charge is 0.481 e. The topological polar surface area (TPSA) is 57.6 Å². The molecule has 1 rings (SSSR count). The van der Waals surface area contributed by atoms with Crippen molar-refractivity contribution in [1.82, 2.24) is 4.90 Å². The molecule has 0 aromatic carbocycles. The predicted octanol–water partition coefficient (Wildman–Crippen LogP) is 1.94. The van der Waals surface area contributed by atoms with Crippen LogP contribution in [0.2, 0.25) is 0 Å². The number of hydrogen-bond acceptors (Lipinski definition) is 3. The van der Waals surface area contributed by atoms with E-state index in [1.54, 1.807) is 23.7 Å². The van der Waals surface area contributed by atoms with E-state index < -0.39 is 11.9 Å². The monoisotopic (exact) mass is 273 g/mol. The molecule has 0 bridgehead atoms. The molecule has 1 amide bonds. The van der Waals surface area contributed by atoms with Gasteiger partial charge in [-0.05, 0) is 37.2 Å². The lowest BCUT2D eigenvalue weighted by Gasteiger charge is -2.23. The number of nitrogens with zero attached hydrogens (tertiary/aromatic N) is 1. The van der Waals surface area contributed by atoms with Crippen LogP contribution in [0.5, 0.6) is 0 Å². The summed E-state index contributed by atoms with van der Waals surface area (Å²) in [5, 5.41) is 9.17. The summed E-state index contributed by atoms with van der Waals surface area (Å²) in [6.07, 6.45) is 4.34. The first kappa shape index (κ1) is 15.3. The van der Waals surface area contributed by atoms with E-state index in [0.717, 1.165) is 18.7 Å². The molecule has 3 atom stereocenters. The maximum Gasteiger partial charge on any atom is 0.307 e. The highest BCUT2D eigenvalue weighted by molar-refractivity contribution is 7.98. The Morgan fingerprint density at radius 2 is 1.94 bits per heavy atom. The van der Waals surface area contributed by atoms with E-state index in [2.05, 4.69) is 0 Å². The van der Waals surface area contributed by atoms with E-state index in [-0.39, 0.29) is 11.8 Å². The van der Waals surface area contributed by atoms with Gasteiger partial charge in [-0.15, -0.1) is 0 Å². The summed E-state index contributed by atoms with van der Waals surface area (Å²) in [6, 6.07) is 0. The summed E-state index contributed by atoms with van der Waals surface area (Å²) >= 11 is 1.76. The van der Waals surface area contributed by atoms with Crippen molar-refractivity contribution in [3.05, 3.63) is 0 Å². The Kier molecular flexibility index (Phi) is 5.99. The normalized spacial score (nSPS) is 27.2. The van der Waals surface area contributed by atoms with E-state index in [1.165, 1.54) is 0 Å². The SMILES string of the molecule is CSCCCN(C)C(=O)C1CC(C)CC1C(=O)O. The summed E-state index contributed by atoms with van der Waals surface area (Å²) in [5.74, 6) is -0.267. The summed E-state index contributed by atoms with van der Waals surface area (Å²) in [7, 11) is 1.78. The van der Waals surface area contributed by atoms with E-state index in [9.17, 15) is 14.7 Å². The molecule has 1 saturated carbocycles. The standard InChI is InChI=1S/C13H23NO3S/c1-9-7-10(11(8-9)13(16)17)12(15)14(2)5-4-6-18-3/h9-11H,4-8H2,1-3H3,(H,16,17). The van der Waals surface area contributed by atoms with Crippen molar-refractivity contribution < 1.29 is 14.7 Å². The number of carbonyl (C=O) groups is 2. The molecule has 1 N–H and O–H groups in total. The highest BCUT2D eigenvalue weighted by Crippen LogP contribution is 2.37. The lowest BCUT2D eigenvalue weighted by Crippen LogP contribution is -2.37. The van der Waals surface area contributed by atoms with Gasteiger partial charge in [0, 0.05) is 13.6 Å². The van der Waals surface area contributed by atoms with Crippen LogP contribution in [0.3, 0.4) is 0 Å². The van der Waals surface area contributed by atoms with Crippen LogP contribution in [-0.2, 0) is 9.59 Å². The van der Waals surface area contributed by atoms with Crippen molar-refractivity contribution in [2.45, 2.75) is 26.2 Å². The van der Waals surface area contributed by atoms with Gasteiger partial charge in [-0.2, -0.15) is 11.8 Å². The Morgan fingerprint density at radius 1 is 1.33 bits per heavy atom. The molecule has 18 heavy (non-hydrogen) atoms. The van der Waals surface area contributed by atoms with Gasteiger partial charge < -0.3 is 10.0 Å². The lowest BCUT2D eigenvalue weighted by atomic mass is 9.95. The third kappa shape index (κ3) is 3.90. The fraction of sp³-hybridized carbons (Fsp3) is 0.846. The number of carboxylic acids is 1. The molecule has 1 aliphatic carbocycles. The van der Waals surface area contributed by atoms with Gasteiger partial charge in [0.15, 0.2) is 0 Å². The highest BCUT2D eigenvalue weighted by Gasteiger charge is 2.42. The smallest absolute Gasteiger partial charge is 0.307 e.